The summed E-state index contributed by atoms with van der Waals surface area (Å²) in [6.45, 7) is 0.137. The Hall–Kier alpha value is -3.61. The molecule has 1 aromatic heterocycles. The normalized spacial score (nSPS) is 13.4. The maximum absolute atomic E-state index is 12.3. The van der Waals surface area contributed by atoms with Crippen LogP contribution in [0.25, 0.3) is 11.1 Å². The summed E-state index contributed by atoms with van der Waals surface area (Å²) in [5.41, 5.74) is 5.18. The number of aliphatic carboxylic acids is 1. The van der Waals surface area contributed by atoms with E-state index in [4.69, 9.17) is 4.74 Å². The molecule has 1 amide bonds. The van der Waals surface area contributed by atoms with Gasteiger partial charge in [-0.1, -0.05) is 48.5 Å². The molecule has 0 saturated carbocycles. The number of benzene rings is 2. The van der Waals surface area contributed by atoms with E-state index in [1.54, 1.807) is 24.0 Å². The fourth-order valence-corrected chi connectivity index (χ4v) is 3.79. The molecule has 0 fully saturated rings. The lowest BCUT2D eigenvalue weighted by Gasteiger charge is -2.17. The highest BCUT2D eigenvalue weighted by Gasteiger charge is 2.30. The lowest BCUT2D eigenvalue weighted by molar-refractivity contribution is -0.139. The van der Waals surface area contributed by atoms with Crippen LogP contribution in [0, 0.1) is 0 Å². The molecule has 0 bridgehead atoms. The largest absolute Gasteiger partial charge is 0.480 e. The van der Waals surface area contributed by atoms with Gasteiger partial charge in [-0.3, -0.25) is 4.68 Å². The number of hydrogen-bond acceptors (Lipinski definition) is 4. The summed E-state index contributed by atoms with van der Waals surface area (Å²) in [6, 6.07) is 16.7. The first-order valence-electron chi connectivity index (χ1n) is 9.36. The molecule has 0 radical (unpaired) electrons. The first-order chi connectivity index (χ1) is 14.0. The number of carbonyl (C=O) groups excluding carboxylic acids is 1. The molecule has 1 aliphatic rings. The van der Waals surface area contributed by atoms with Crippen LogP contribution in [-0.4, -0.2) is 39.6 Å². The lowest BCUT2D eigenvalue weighted by Crippen LogP contribution is -2.43. The SMILES string of the molecule is Cn1nccc1CC(NC(=O)OCC1c2ccccc2-c2ccccc21)C(=O)O. The average molecular weight is 391 g/mol. The molecule has 1 aliphatic carbocycles. The van der Waals surface area contributed by atoms with Crippen molar-refractivity contribution in [2.45, 2.75) is 18.4 Å². The summed E-state index contributed by atoms with van der Waals surface area (Å²) in [5, 5.41) is 15.9. The fraction of sp³-hybridized carbons (Fsp3) is 0.227. The van der Waals surface area contributed by atoms with E-state index in [1.165, 1.54) is 0 Å². The molecule has 4 rings (SSSR count). The molecule has 148 valence electrons. The highest BCUT2D eigenvalue weighted by molar-refractivity contribution is 5.81. The molecule has 0 aliphatic heterocycles. The zero-order valence-electron chi connectivity index (χ0n) is 15.9. The molecule has 1 unspecified atom stereocenters. The Labute approximate surface area is 167 Å². The van der Waals surface area contributed by atoms with Crippen LogP contribution in [0.4, 0.5) is 4.79 Å². The van der Waals surface area contributed by atoms with Crippen molar-refractivity contribution in [2.75, 3.05) is 6.61 Å². The molecule has 29 heavy (non-hydrogen) atoms. The second kappa shape index (κ2) is 7.79. The van der Waals surface area contributed by atoms with Crippen molar-refractivity contribution in [3.05, 3.63) is 77.6 Å². The third kappa shape index (κ3) is 3.71. The number of alkyl carbamates (subject to hydrolysis) is 1. The second-order valence-corrected chi connectivity index (χ2v) is 7.01. The van der Waals surface area contributed by atoms with E-state index in [-0.39, 0.29) is 18.9 Å². The van der Waals surface area contributed by atoms with Crippen LogP contribution in [0.3, 0.4) is 0 Å². The van der Waals surface area contributed by atoms with Gasteiger partial charge in [0.15, 0.2) is 0 Å². The molecule has 2 N–H and O–H groups in total. The Bertz CT molecular complexity index is 1010. The number of carboxylic acids is 1. The number of hydrogen-bond donors (Lipinski definition) is 2. The van der Waals surface area contributed by atoms with E-state index in [2.05, 4.69) is 22.5 Å². The number of rotatable bonds is 6. The Morgan fingerprint density at radius 1 is 1.10 bits per heavy atom. The van der Waals surface area contributed by atoms with Gasteiger partial charge in [0.1, 0.15) is 12.6 Å². The molecule has 1 heterocycles. The van der Waals surface area contributed by atoms with E-state index in [9.17, 15) is 14.7 Å². The summed E-state index contributed by atoms with van der Waals surface area (Å²) in [4.78, 5) is 23.9. The summed E-state index contributed by atoms with van der Waals surface area (Å²) in [6.07, 6.45) is 0.957. The monoisotopic (exact) mass is 391 g/mol. The van der Waals surface area contributed by atoms with Crippen molar-refractivity contribution in [3.63, 3.8) is 0 Å². The average Bonchev–Trinajstić information content (AvgIpc) is 3.27. The van der Waals surface area contributed by atoms with E-state index >= 15 is 0 Å². The van der Waals surface area contributed by atoms with Crippen LogP contribution in [0.1, 0.15) is 22.7 Å². The summed E-state index contributed by atoms with van der Waals surface area (Å²) in [5.74, 6) is -1.20. The number of carbonyl (C=O) groups is 2. The van der Waals surface area contributed by atoms with Gasteiger partial charge in [0.05, 0.1) is 0 Å². The lowest BCUT2D eigenvalue weighted by atomic mass is 9.98. The predicted octanol–water partition coefficient (Wildman–Crippen LogP) is 2.95. The minimum Gasteiger partial charge on any atom is -0.480 e. The van der Waals surface area contributed by atoms with Crippen LogP contribution in [0.5, 0.6) is 0 Å². The van der Waals surface area contributed by atoms with Gasteiger partial charge in [0, 0.05) is 31.3 Å². The third-order valence-electron chi connectivity index (χ3n) is 5.27. The number of aromatic nitrogens is 2. The molecule has 1 atom stereocenters. The fourth-order valence-electron chi connectivity index (χ4n) is 3.79. The molecule has 2 aromatic carbocycles. The highest BCUT2D eigenvalue weighted by atomic mass is 16.5. The van der Waals surface area contributed by atoms with Crippen molar-refractivity contribution in [2.24, 2.45) is 7.05 Å². The third-order valence-corrected chi connectivity index (χ3v) is 5.27. The van der Waals surface area contributed by atoms with Crippen LogP contribution in [0.15, 0.2) is 60.8 Å². The minimum absolute atomic E-state index is 0.0755. The van der Waals surface area contributed by atoms with Crippen LogP contribution >= 0.6 is 0 Å². The van der Waals surface area contributed by atoms with Gasteiger partial charge in [-0.25, -0.2) is 9.59 Å². The number of ether oxygens (including phenoxy) is 1. The number of nitrogens with one attached hydrogen (secondary N) is 1. The molecule has 3 aromatic rings. The topological polar surface area (TPSA) is 93.5 Å². The summed E-state index contributed by atoms with van der Waals surface area (Å²) >= 11 is 0. The Morgan fingerprint density at radius 3 is 2.28 bits per heavy atom. The minimum atomic E-state index is -1.13. The summed E-state index contributed by atoms with van der Waals surface area (Å²) < 4.78 is 7.01. The molecule has 7 heteroatoms. The zero-order valence-corrected chi connectivity index (χ0v) is 15.9. The van der Waals surface area contributed by atoms with Gasteiger partial charge < -0.3 is 15.2 Å². The quantitative estimate of drug-likeness (QED) is 0.674. The van der Waals surface area contributed by atoms with E-state index in [0.717, 1.165) is 22.3 Å². The van der Waals surface area contributed by atoms with Crippen LogP contribution in [-0.2, 0) is 23.0 Å². The Kier molecular flexibility index (Phi) is 5.03. The zero-order chi connectivity index (χ0) is 20.4. The van der Waals surface area contributed by atoms with Gasteiger partial charge in [-0.2, -0.15) is 5.10 Å². The van der Waals surface area contributed by atoms with E-state index in [0.29, 0.717) is 5.69 Å². The van der Waals surface area contributed by atoms with Crippen LogP contribution in [0.2, 0.25) is 0 Å². The first-order valence-corrected chi connectivity index (χ1v) is 9.36. The van der Waals surface area contributed by atoms with Gasteiger partial charge >= 0.3 is 12.1 Å². The number of fused-ring (bicyclic) bond motifs is 3. The van der Waals surface area contributed by atoms with Gasteiger partial charge in [-0.05, 0) is 28.3 Å². The summed E-state index contributed by atoms with van der Waals surface area (Å²) in [7, 11) is 1.72. The first kappa shape index (κ1) is 18.7. The molecule has 7 nitrogen and oxygen atoms in total. The van der Waals surface area contributed by atoms with Crippen molar-refractivity contribution in [3.8, 4) is 11.1 Å². The van der Waals surface area contributed by atoms with Crippen molar-refractivity contribution in [1.29, 1.82) is 0 Å². The standard InChI is InChI=1S/C22H21N3O4/c1-25-14(10-11-23-25)12-20(21(26)27)24-22(28)29-13-19-17-8-4-2-6-15(17)16-7-3-5-9-18(16)19/h2-11,19-20H,12-13H2,1H3,(H,24,28)(H,26,27). The predicted molar refractivity (Wildman–Crippen MR) is 107 cm³/mol. The van der Waals surface area contributed by atoms with Crippen molar-refractivity contribution < 1.29 is 19.4 Å². The van der Waals surface area contributed by atoms with Gasteiger partial charge in [0.2, 0.25) is 0 Å². The maximum atomic E-state index is 12.3. The van der Waals surface area contributed by atoms with Crippen molar-refractivity contribution in [1.82, 2.24) is 15.1 Å². The molecule has 0 saturated heterocycles. The molecular weight excluding hydrogens is 370 g/mol. The van der Waals surface area contributed by atoms with Crippen molar-refractivity contribution >= 4 is 12.1 Å². The van der Waals surface area contributed by atoms with Crippen LogP contribution < -0.4 is 5.32 Å². The van der Waals surface area contributed by atoms with Gasteiger partial charge in [0.25, 0.3) is 0 Å². The number of nitrogens with zero attached hydrogens (tertiary/aromatic N) is 2. The number of amides is 1. The second-order valence-electron chi connectivity index (χ2n) is 7.01. The Balaban J connectivity index is 1.44. The van der Waals surface area contributed by atoms with E-state index < -0.39 is 18.1 Å². The Morgan fingerprint density at radius 2 is 1.72 bits per heavy atom. The smallest absolute Gasteiger partial charge is 0.407 e. The highest BCUT2D eigenvalue weighted by Crippen LogP contribution is 2.44. The molecule has 0 spiro atoms. The number of carboxylic acid groups (broad SMARTS) is 1. The van der Waals surface area contributed by atoms with Gasteiger partial charge in [-0.15, -0.1) is 0 Å². The molecular formula is C22H21N3O4. The number of aryl methyl sites for hydroxylation is 1. The maximum Gasteiger partial charge on any atom is 0.407 e. The van der Waals surface area contributed by atoms with E-state index in [1.807, 2.05) is 36.4 Å².